The van der Waals surface area contributed by atoms with Gasteiger partial charge < -0.3 is 15.5 Å². The van der Waals surface area contributed by atoms with Crippen molar-refractivity contribution in [2.24, 2.45) is 0 Å². The molecule has 1 amide bonds. The maximum absolute atomic E-state index is 10.2. The second-order valence-corrected chi connectivity index (χ2v) is 1.76. The third-order valence-electron chi connectivity index (χ3n) is 0.848. The number of aliphatic hydroxyl groups is 2. The quantitative estimate of drug-likeness (QED) is 0.525. The van der Waals surface area contributed by atoms with Crippen LogP contribution in [0, 0.1) is 0 Å². The van der Waals surface area contributed by atoms with E-state index < -0.39 is 6.04 Å². The molecule has 0 aromatic heterocycles. The molecule has 0 bridgehead atoms. The molecule has 0 spiro atoms. The van der Waals surface area contributed by atoms with Crippen molar-refractivity contribution in [1.82, 2.24) is 5.32 Å². The minimum absolute atomic E-state index is 0.226. The maximum Gasteiger partial charge on any atom is 0.217 e. The van der Waals surface area contributed by atoms with Gasteiger partial charge in [0.15, 0.2) is 0 Å². The van der Waals surface area contributed by atoms with Gasteiger partial charge in [-0.3, -0.25) is 4.79 Å². The van der Waals surface area contributed by atoms with Crippen LogP contribution in [0.15, 0.2) is 0 Å². The Hall–Kier alpha value is -0.610. The highest BCUT2D eigenvalue weighted by Crippen LogP contribution is 1.77. The normalized spacial score (nSPS) is 8.55. The summed E-state index contributed by atoms with van der Waals surface area (Å²) in [6.07, 6.45) is 0. The molecular weight excluding hydrogens is 146 g/mol. The van der Waals surface area contributed by atoms with Crippen molar-refractivity contribution in [3.8, 4) is 0 Å². The smallest absolute Gasteiger partial charge is 0.217 e. The fourth-order valence-electron chi connectivity index (χ4n) is 0.436. The highest BCUT2D eigenvalue weighted by molar-refractivity contribution is 5.73. The van der Waals surface area contributed by atoms with Crippen molar-refractivity contribution in [3.05, 3.63) is 0 Å². The summed E-state index contributed by atoms with van der Waals surface area (Å²) in [5, 5.41) is 19.1. The molecule has 0 saturated heterocycles. The molecule has 3 N–H and O–H groups in total. The van der Waals surface area contributed by atoms with Crippen molar-refractivity contribution < 1.29 is 15.0 Å². The highest BCUT2D eigenvalue weighted by atomic mass is 16.3. The first-order chi connectivity index (χ1) is 5.20. The summed E-state index contributed by atoms with van der Waals surface area (Å²) in [6.45, 7) is 4.88. The van der Waals surface area contributed by atoms with Crippen molar-refractivity contribution >= 4 is 5.91 Å². The van der Waals surface area contributed by atoms with Crippen LogP contribution in [0.4, 0.5) is 0 Å². The third-order valence-corrected chi connectivity index (χ3v) is 0.848. The van der Waals surface area contributed by atoms with Crippen LogP contribution < -0.4 is 5.32 Å². The number of amides is 1. The first kappa shape index (κ1) is 13.0. The third kappa shape index (κ3) is 9.39. The summed E-state index contributed by atoms with van der Waals surface area (Å²) in [7, 11) is 0. The van der Waals surface area contributed by atoms with Gasteiger partial charge in [-0.25, -0.2) is 0 Å². The van der Waals surface area contributed by atoms with Gasteiger partial charge in [0.1, 0.15) is 0 Å². The molecule has 0 aromatic carbocycles. The van der Waals surface area contributed by atoms with Gasteiger partial charge in [0.2, 0.25) is 5.91 Å². The lowest BCUT2D eigenvalue weighted by Gasteiger charge is -2.10. The van der Waals surface area contributed by atoms with E-state index in [0.29, 0.717) is 0 Å². The molecule has 0 radical (unpaired) electrons. The lowest BCUT2D eigenvalue weighted by Crippen LogP contribution is -2.38. The van der Waals surface area contributed by atoms with Crippen LogP contribution >= 0.6 is 0 Å². The molecule has 0 heterocycles. The predicted molar refractivity (Wildman–Crippen MR) is 43.1 cm³/mol. The summed E-state index contributed by atoms with van der Waals surface area (Å²) in [5.41, 5.74) is 0. The zero-order chi connectivity index (χ0) is 9.28. The Kier molecular flexibility index (Phi) is 11.1. The number of hydrogen-bond acceptors (Lipinski definition) is 3. The van der Waals surface area contributed by atoms with Crippen molar-refractivity contribution in [2.45, 2.75) is 26.8 Å². The molecule has 0 unspecified atom stereocenters. The van der Waals surface area contributed by atoms with Crippen molar-refractivity contribution in [2.75, 3.05) is 13.2 Å². The van der Waals surface area contributed by atoms with Crippen LogP contribution in [0.5, 0.6) is 0 Å². The average Bonchev–Trinajstić information content (AvgIpc) is 2.03. The molecule has 4 nitrogen and oxygen atoms in total. The SMILES string of the molecule is CC.CC(=O)NC(CO)CO. The van der Waals surface area contributed by atoms with Gasteiger partial charge >= 0.3 is 0 Å². The second-order valence-electron chi connectivity index (χ2n) is 1.76. The predicted octanol–water partition coefficient (Wildman–Crippen LogP) is -0.498. The summed E-state index contributed by atoms with van der Waals surface area (Å²) in [4.78, 5) is 10.2. The average molecular weight is 163 g/mol. The number of nitrogens with one attached hydrogen (secondary N) is 1. The fourth-order valence-corrected chi connectivity index (χ4v) is 0.436. The Labute approximate surface area is 67.2 Å². The molecule has 11 heavy (non-hydrogen) atoms. The first-order valence-electron chi connectivity index (χ1n) is 3.69. The molecule has 0 aliphatic rings. The van der Waals surface area contributed by atoms with Crippen LogP contribution in [-0.2, 0) is 4.79 Å². The van der Waals surface area contributed by atoms with Crippen LogP contribution in [-0.4, -0.2) is 35.4 Å². The van der Waals surface area contributed by atoms with Gasteiger partial charge in [0, 0.05) is 6.92 Å². The maximum atomic E-state index is 10.2. The minimum Gasteiger partial charge on any atom is -0.394 e. The Morgan fingerprint density at radius 1 is 1.36 bits per heavy atom. The lowest BCUT2D eigenvalue weighted by molar-refractivity contribution is -0.120. The molecular formula is C7H17NO3. The Morgan fingerprint density at radius 2 is 1.73 bits per heavy atom. The van der Waals surface area contributed by atoms with E-state index in [1.165, 1.54) is 6.92 Å². The Bertz CT molecular complexity index is 91.7. The molecule has 68 valence electrons. The summed E-state index contributed by atoms with van der Waals surface area (Å²) in [6, 6.07) is -0.512. The molecule has 0 aliphatic carbocycles. The summed E-state index contributed by atoms with van der Waals surface area (Å²) in [5.74, 6) is -0.247. The van der Waals surface area contributed by atoms with Gasteiger partial charge in [-0.1, -0.05) is 13.8 Å². The van der Waals surface area contributed by atoms with E-state index in [4.69, 9.17) is 10.2 Å². The van der Waals surface area contributed by atoms with Crippen LogP contribution in [0.3, 0.4) is 0 Å². The molecule has 4 heteroatoms. The van der Waals surface area contributed by atoms with Crippen molar-refractivity contribution in [1.29, 1.82) is 0 Å². The number of carbonyl (C=O) groups is 1. The summed E-state index contributed by atoms with van der Waals surface area (Å²) < 4.78 is 0. The number of carbonyl (C=O) groups excluding carboxylic acids is 1. The Morgan fingerprint density at radius 3 is 1.82 bits per heavy atom. The first-order valence-corrected chi connectivity index (χ1v) is 3.69. The van der Waals surface area contributed by atoms with Gasteiger partial charge in [0.25, 0.3) is 0 Å². The number of rotatable bonds is 3. The van der Waals surface area contributed by atoms with E-state index in [0.717, 1.165) is 0 Å². The second kappa shape index (κ2) is 9.39. The van der Waals surface area contributed by atoms with Crippen LogP contribution in [0.25, 0.3) is 0 Å². The fraction of sp³-hybridized carbons (Fsp3) is 0.857. The standard InChI is InChI=1S/C5H11NO3.C2H6/c1-4(9)6-5(2-7)3-8;1-2/h5,7-8H,2-3H2,1H3,(H,6,9);1-2H3. The largest absolute Gasteiger partial charge is 0.394 e. The molecule has 0 aromatic rings. The van der Waals surface area contributed by atoms with E-state index in [1.54, 1.807) is 0 Å². The van der Waals surface area contributed by atoms with E-state index in [-0.39, 0.29) is 19.1 Å². The van der Waals surface area contributed by atoms with E-state index >= 15 is 0 Å². The van der Waals surface area contributed by atoms with Gasteiger partial charge in [-0.15, -0.1) is 0 Å². The molecule has 0 atom stereocenters. The highest BCUT2D eigenvalue weighted by Gasteiger charge is 2.04. The molecule has 0 rings (SSSR count). The monoisotopic (exact) mass is 163 g/mol. The molecule has 0 fully saturated rings. The summed E-state index contributed by atoms with van der Waals surface area (Å²) >= 11 is 0. The number of hydrogen-bond donors (Lipinski definition) is 3. The van der Waals surface area contributed by atoms with Crippen LogP contribution in [0.1, 0.15) is 20.8 Å². The zero-order valence-electron chi connectivity index (χ0n) is 7.29. The van der Waals surface area contributed by atoms with Crippen LogP contribution in [0.2, 0.25) is 0 Å². The zero-order valence-corrected chi connectivity index (χ0v) is 7.29. The molecule has 0 saturated carbocycles. The van der Waals surface area contributed by atoms with Gasteiger partial charge in [0.05, 0.1) is 19.3 Å². The lowest BCUT2D eigenvalue weighted by atomic mass is 10.3. The topological polar surface area (TPSA) is 69.6 Å². The van der Waals surface area contributed by atoms with Gasteiger partial charge in [-0.2, -0.15) is 0 Å². The number of aliphatic hydroxyl groups excluding tert-OH is 2. The van der Waals surface area contributed by atoms with E-state index in [2.05, 4.69) is 5.32 Å². The minimum atomic E-state index is -0.512. The molecule has 0 aliphatic heterocycles. The van der Waals surface area contributed by atoms with E-state index in [1.807, 2.05) is 13.8 Å². The van der Waals surface area contributed by atoms with Crippen molar-refractivity contribution in [3.63, 3.8) is 0 Å². The van der Waals surface area contributed by atoms with E-state index in [9.17, 15) is 4.79 Å². The Balaban J connectivity index is 0. The van der Waals surface area contributed by atoms with Gasteiger partial charge in [-0.05, 0) is 0 Å².